The molecule has 8 nitrogen and oxygen atoms in total. The Morgan fingerprint density at radius 2 is 2.05 bits per heavy atom. The molecule has 0 fully saturated rings. The SMILES string of the molecule is CC[C@H](O)Cn1nc(-c2ccncc2)nc1CNS(C)(=O)=O. The second-order valence-corrected chi connectivity index (χ2v) is 6.76. The molecule has 0 saturated carbocycles. The molecule has 0 aliphatic heterocycles. The lowest BCUT2D eigenvalue weighted by molar-refractivity contribution is 0.144. The number of hydrogen-bond donors (Lipinski definition) is 2. The average Bonchev–Trinajstić information content (AvgIpc) is 2.88. The quantitative estimate of drug-likeness (QED) is 0.750. The van der Waals surface area contributed by atoms with E-state index in [1.165, 1.54) is 4.68 Å². The van der Waals surface area contributed by atoms with Gasteiger partial charge < -0.3 is 5.11 Å². The Kier molecular flexibility index (Phi) is 5.22. The molecule has 22 heavy (non-hydrogen) atoms. The first-order valence-electron chi connectivity index (χ1n) is 6.86. The number of nitrogens with zero attached hydrogens (tertiary/aromatic N) is 4. The van der Waals surface area contributed by atoms with E-state index in [0.717, 1.165) is 11.8 Å². The van der Waals surface area contributed by atoms with Crippen molar-refractivity contribution < 1.29 is 13.5 Å². The lowest BCUT2D eigenvalue weighted by Crippen LogP contribution is -2.25. The van der Waals surface area contributed by atoms with E-state index in [4.69, 9.17) is 0 Å². The van der Waals surface area contributed by atoms with Gasteiger partial charge in [0.25, 0.3) is 0 Å². The highest BCUT2D eigenvalue weighted by Gasteiger charge is 2.15. The number of sulfonamides is 1. The van der Waals surface area contributed by atoms with Crippen molar-refractivity contribution in [3.05, 3.63) is 30.4 Å². The van der Waals surface area contributed by atoms with Crippen LogP contribution in [0.4, 0.5) is 0 Å². The molecule has 9 heteroatoms. The van der Waals surface area contributed by atoms with Gasteiger partial charge in [0, 0.05) is 18.0 Å². The molecule has 0 bridgehead atoms. The van der Waals surface area contributed by atoms with Crippen LogP contribution in [-0.2, 0) is 23.1 Å². The zero-order valence-electron chi connectivity index (χ0n) is 12.5. The lowest BCUT2D eigenvalue weighted by atomic mass is 10.2. The van der Waals surface area contributed by atoms with Crippen LogP contribution in [0.3, 0.4) is 0 Å². The molecular weight excluding hydrogens is 306 g/mol. The van der Waals surface area contributed by atoms with Crippen molar-refractivity contribution in [2.45, 2.75) is 32.5 Å². The normalized spacial score (nSPS) is 13.2. The largest absolute Gasteiger partial charge is 0.391 e. The number of aromatic nitrogens is 4. The maximum atomic E-state index is 11.2. The van der Waals surface area contributed by atoms with Gasteiger partial charge in [-0.25, -0.2) is 22.8 Å². The minimum atomic E-state index is -3.33. The zero-order chi connectivity index (χ0) is 16.2. The number of nitrogens with one attached hydrogen (secondary N) is 1. The number of rotatable bonds is 7. The van der Waals surface area contributed by atoms with E-state index in [0.29, 0.717) is 18.1 Å². The third kappa shape index (κ3) is 4.58. The van der Waals surface area contributed by atoms with Crippen molar-refractivity contribution in [1.82, 2.24) is 24.5 Å². The van der Waals surface area contributed by atoms with Gasteiger partial charge >= 0.3 is 0 Å². The zero-order valence-corrected chi connectivity index (χ0v) is 13.3. The van der Waals surface area contributed by atoms with Crippen LogP contribution in [0.2, 0.25) is 0 Å². The summed E-state index contributed by atoms with van der Waals surface area (Å²) in [7, 11) is -3.33. The van der Waals surface area contributed by atoms with E-state index in [1.54, 1.807) is 24.5 Å². The Balaban J connectivity index is 2.30. The summed E-state index contributed by atoms with van der Waals surface area (Å²) in [6.45, 7) is 2.14. The Morgan fingerprint density at radius 1 is 1.36 bits per heavy atom. The standard InChI is InChI=1S/C13H19N5O3S/c1-3-11(19)9-18-12(8-15-22(2,20)21)16-13(17-18)10-4-6-14-7-5-10/h4-7,11,15,19H,3,8-9H2,1-2H3/t11-/m0/s1. The molecule has 0 spiro atoms. The van der Waals surface area contributed by atoms with Gasteiger partial charge in [0.15, 0.2) is 5.82 Å². The number of aliphatic hydroxyl groups excluding tert-OH is 1. The highest BCUT2D eigenvalue weighted by atomic mass is 32.2. The molecule has 0 radical (unpaired) electrons. The molecule has 120 valence electrons. The molecule has 2 heterocycles. The van der Waals surface area contributed by atoms with Gasteiger partial charge in [-0.05, 0) is 18.6 Å². The monoisotopic (exact) mass is 325 g/mol. The summed E-state index contributed by atoms with van der Waals surface area (Å²) >= 11 is 0. The van der Waals surface area contributed by atoms with Crippen LogP contribution < -0.4 is 4.72 Å². The van der Waals surface area contributed by atoms with Gasteiger partial charge in [-0.1, -0.05) is 6.92 Å². The minimum Gasteiger partial charge on any atom is -0.391 e. The summed E-state index contributed by atoms with van der Waals surface area (Å²) in [5, 5.41) is 14.2. The molecule has 2 N–H and O–H groups in total. The highest BCUT2D eigenvalue weighted by molar-refractivity contribution is 7.88. The minimum absolute atomic E-state index is 0.0212. The maximum Gasteiger partial charge on any atom is 0.209 e. The molecule has 1 atom stereocenters. The van der Waals surface area contributed by atoms with Crippen LogP contribution in [0, 0.1) is 0 Å². The Hall–Kier alpha value is -1.84. The number of aliphatic hydroxyl groups is 1. The van der Waals surface area contributed by atoms with E-state index in [2.05, 4.69) is 19.8 Å². The molecule has 0 aromatic carbocycles. The first-order chi connectivity index (χ1) is 10.4. The van der Waals surface area contributed by atoms with Gasteiger partial charge in [0.2, 0.25) is 10.0 Å². The maximum absolute atomic E-state index is 11.2. The predicted octanol–water partition coefficient (Wildman–Crippen LogP) is 0.160. The van der Waals surface area contributed by atoms with Crippen molar-refractivity contribution in [3.8, 4) is 11.4 Å². The van der Waals surface area contributed by atoms with Crippen molar-refractivity contribution >= 4 is 10.0 Å². The summed E-state index contributed by atoms with van der Waals surface area (Å²) in [5.41, 5.74) is 0.778. The van der Waals surface area contributed by atoms with Gasteiger partial charge in [-0.3, -0.25) is 4.98 Å². The molecule has 2 aromatic heterocycles. The predicted molar refractivity (Wildman–Crippen MR) is 81.2 cm³/mol. The van der Waals surface area contributed by atoms with Gasteiger partial charge in [-0.15, -0.1) is 0 Å². The summed E-state index contributed by atoms with van der Waals surface area (Å²) < 4.78 is 26.4. The smallest absolute Gasteiger partial charge is 0.209 e. The Morgan fingerprint density at radius 3 is 2.64 bits per heavy atom. The van der Waals surface area contributed by atoms with Crippen LogP contribution in [-0.4, -0.2) is 45.6 Å². The fourth-order valence-electron chi connectivity index (χ4n) is 1.80. The van der Waals surface area contributed by atoms with E-state index >= 15 is 0 Å². The fraction of sp³-hybridized carbons (Fsp3) is 0.462. The van der Waals surface area contributed by atoms with Crippen molar-refractivity contribution in [2.24, 2.45) is 0 Å². The van der Waals surface area contributed by atoms with Crippen LogP contribution in [0.5, 0.6) is 0 Å². The number of pyridine rings is 1. The van der Waals surface area contributed by atoms with Crippen molar-refractivity contribution in [2.75, 3.05) is 6.26 Å². The third-order valence-corrected chi connectivity index (χ3v) is 3.70. The van der Waals surface area contributed by atoms with Gasteiger partial charge in [0.05, 0.1) is 25.4 Å². The summed E-state index contributed by atoms with van der Waals surface area (Å²) in [4.78, 5) is 8.29. The van der Waals surface area contributed by atoms with Crippen LogP contribution in [0.25, 0.3) is 11.4 Å². The van der Waals surface area contributed by atoms with Crippen molar-refractivity contribution in [3.63, 3.8) is 0 Å². The van der Waals surface area contributed by atoms with E-state index in [9.17, 15) is 13.5 Å². The van der Waals surface area contributed by atoms with E-state index < -0.39 is 16.1 Å². The van der Waals surface area contributed by atoms with Crippen molar-refractivity contribution in [1.29, 1.82) is 0 Å². The summed E-state index contributed by atoms with van der Waals surface area (Å²) in [6.07, 6.45) is 4.35. The van der Waals surface area contributed by atoms with Gasteiger partial charge in [0.1, 0.15) is 5.82 Å². The molecule has 2 aromatic rings. The second kappa shape index (κ2) is 6.95. The Labute approximate surface area is 129 Å². The average molecular weight is 325 g/mol. The fourth-order valence-corrected chi connectivity index (χ4v) is 2.19. The molecule has 0 amide bonds. The molecule has 0 saturated heterocycles. The first-order valence-corrected chi connectivity index (χ1v) is 8.75. The Bertz CT molecular complexity index is 715. The van der Waals surface area contributed by atoms with Crippen LogP contribution in [0.1, 0.15) is 19.2 Å². The summed E-state index contributed by atoms with van der Waals surface area (Å²) in [5.74, 6) is 0.917. The third-order valence-electron chi connectivity index (χ3n) is 3.03. The summed E-state index contributed by atoms with van der Waals surface area (Å²) in [6, 6.07) is 3.54. The molecule has 0 aliphatic rings. The molecule has 2 rings (SSSR count). The molecule has 0 unspecified atom stereocenters. The topological polar surface area (TPSA) is 110 Å². The van der Waals surface area contributed by atoms with E-state index in [-0.39, 0.29) is 13.1 Å². The van der Waals surface area contributed by atoms with Crippen LogP contribution >= 0.6 is 0 Å². The van der Waals surface area contributed by atoms with Crippen LogP contribution in [0.15, 0.2) is 24.5 Å². The highest BCUT2D eigenvalue weighted by Crippen LogP contribution is 2.15. The molecule has 0 aliphatic carbocycles. The molecular formula is C13H19N5O3S. The van der Waals surface area contributed by atoms with E-state index in [1.807, 2.05) is 6.92 Å². The van der Waals surface area contributed by atoms with Gasteiger partial charge in [-0.2, -0.15) is 5.10 Å². The lowest BCUT2D eigenvalue weighted by Gasteiger charge is -2.10. The first kappa shape index (κ1) is 16.5. The second-order valence-electron chi connectivity index (χ2n) is 4.92. The number of hydrogen-bond acceptors (Lipinski definition) is 6.